The van der Waals surface area contributed by atoms with Crippen molar-refractivity contribution in [1.29, 1.82) is 0 Å². The number of nitrogens with one attached hydrogen (secondary N) is 1. The number of hydrogen-bond donors (Lipinski definition) is 1. The molecule has 0 saturated carbocycles. The monoisotopic (exact) mass is 386 g/mol. The first-order chi connectivity index (χ1) is 12.0. The zero-order chi connectivity index (χ0) is 17.9. The molecule has 0 aliphatic carbocycles. The molecule has 25 heavy (non-hydrogen) atoms. The number of carbonyl (C=O) groups is 1. The molecule has 1 atom stereocenters. The zero-order valence-electron chi connectivity index (χ0n) is 14.0. The molecular formula is C17H23ClN2O4S. The fourth-order valence-corrected chi connectivity index (χ4v) is 5.22. The summed E-state index contributed by atoms with van der Waals surface area (Å²) in [6.07, 6.45) is 4.69. The van der Waals surface area contributed by atoms with Gasteiger partial charge in [-0.2, -0.15) is 4.31 Å². The van der Waals surface area contributed by atoms with E-state index in [0.29, 0.717) is 19.6 Å². The molecule has 6 nitrogen and oxygen atoms in total. The molecule has 3 rings (SSSR count). The second-order valence-electron chi connectivity index (χ2n) is 6.45. The Hall–Kier alpha value is -1.15. The first kappa shape index (κ1) is 18.6. The number of hydrogen-bond acceptors (Lipinski definition) is 4. The van der Waals surface area contributed by atoms with Crippen LogP contribution in [0.5, 0.6) is 0 Å². The number of sulfonamides is 1. The van der Waals surface area contributed by atoms with E-state index in [1.807, 2.05) is 0 Å². The van der Waals surface area contributed by atoms with Crippen molar-refractivity contribution < 1.29 is 17.9 Å². The molecule has 2 saturated heterocycles. The fraction of sp³-hybridized carbons (Fsp3) is 0.588. The molecule has 1 amide bonds. The quantitative estimate of drug-likeness (QED) is 0.843. The van der Waals surface area contributed by atoms with Crippen LogP contribution in [-0.2, 0) is 14.8 Å². The van der Waals surface area contributed by atoms with Gasteiger partial charge >= 0.3 is 0 Å². The molecule has 1 aromatic rings. The standard InChI is InChI=1S/C17H23ClN2O4S/c18-15-7-6-13(17(21)19-12-14-5-4-10-24-14)11-16(15)25(22,23)20-8-2-1-3-9-20/h6-7,11,14H,1-5,8-10,12H2,(H,19,21)/t14-/m1/s1. The summed E-state index contributed by atoms with van der Waals surface area (Å²) in [5.41, 5.74) is 0.290. The van der Waals surface area contributed by atoms with Crippen molar-refractivity contribution in [3.05, 3.63) is 28.8 Å². The summed E-state index contributed by atoms with van der Waals surface area (Å²) >= 11 is 6.13. The minimum atomic E-state index is -3.68. The maximum Gasteiger partial charge on any atom is 0.251 e. The summed E-state index contributed by atoms with van der Waals surface area (Å²) in [6, 6.07) is 4.39. The minimum absolute atomic E-state index is 0.000771. The average molecular weight is 387 g/mol. The second-order valence-corrected chi connectivity index (χ2v) is 8.77. The predicted molar refractivity (Wildman–Crippen MR) is 95.4 cm³/mol. The summed E-state index contributed by atoms with van der Waals surface area (Å²) in [6.45, 7) is 2.14. The highest BCUT2D eigenvalue weighted by Crippen LogP contribution is 2.28. The topological polar surface area (TPSA) is 75.7 Å². The van der Waals surface area contributed by atoms with E-state index >= 15 is 0 Å². The molecule has 2 aliphatic rings. The minimum Gasteiger partial charge on any atom is -0.376 e. The summed E-state index contributed by atoms with van der Waals surface area (Å²) < 4.78 is 32.6. The van der Waals surface area contributed by atoms with Gasteiger partial charge in [0.05, 0.1) is 11.1 Å². The Morgan fingerprint density at radius 1 is 1.24 bits per heavy atom. The van der Waals surface area contributed by atoms with Gasteiger partial charge in [-0.15, -0.1) is 0 Å². The Labute approximate surface area is 153 Å². The van der Waals surface area contributed by atoms with Gasteiger partial charge in [0.2, 0.25) is 10.0 Å². The molecule has 1 N–H and O–H groups in total. The lowest BCUT2D eigenvalue weighted by molar-refractivity contribution is 0.0857. The highest BCUT2D eigenvalue weighted by atomic mass is 35.5. The van der Waals surface area contributed by atoms with E-state index in [0.717, 1.165) is 38.7 Å². The molecule has 2 fully saturated rings. The van der Waals surface area contributed by atoms with Crippen molar-refractivity contribution in [3.63, 3.8) is 0 Å². The maximum absolute atomic E-state index is 12.8. The lowest BCUT2D eigenvalue weighted by Crippen LogP contribution is -2.36. The number of amides is 1. The summed E-state index contributed by atoms with van der Waals surface area (Å²) in [5.74, 6) is -0.317. The molecule has 1 aromatic carbocycles. The van der Waals surface area contributed by atoms with Crippen molar-refractivity contribution in [3.8, 4) is 0 Å². The van der Waals surface area contributed by atoms with E-state index in [2.05, 4.69) is 5.32 Å². The van der Waals surface area contributed by atoms with E-state index < -0.39 is 10.0 Å². The molecule has 0 radical (unpaired) electrons. The summed E-state index contributed by atoms with van der Waals surface area (Å²) in [7, 11) is -3.68. The van der Waals surface area contributed by atoms with Gasteiger partial charge < -0.3 is 10.1 Å². The van der Waals surface area contributed by atoms with E-state index in [1.165, 1.54) is 16.4 Å². The van der Waals surface area contributed by atoms with Crippen LogP contribution < -0.4 is 5.32 Å². The van der Waals surface area contributed by atoms with Crippen molar-refractivity contribution in [2.24, 2.45) is 0 Å². The van der Waals surface area contributed by atoms with Crippen molar-refractivity contribution in [2.45, 2.75) is 43.1 Å². The number of nitrogens with zero attached hydrogens (tertiary/aromatic N) is 1. The maximum atomic E-state index is 12.8. The van der Waals surface area contributed by atoms with Crippen LogP contribution in [0.1, 0.15) is 42.5 Å². The number of rotatable bonds is 5. The van der Waals surface area contributed by atoms with Crippen LogP contribution in [-0.4, -0.2) is 51.0 Å². The molecule has 2 aliphatic heterocycles. The van der Waals surface area contributed by atoms with E-state index in [-0.39, 0.29) is 27.5 Å². The van der Waals surface area contributed by atoms with E-state index in [9.17, 15) is 13.2 Å². The van der Waals surface area contributed by atoms with Gasteiger partial charge in [0, 0.05) is 31.8 Å². The number of halogens is 1. The molecule has 0 unspecified atom stereocenters. The number of ether oxygens (including phenoxy) is 1. The van der Waals surface area contributed by atoms with E-state index in [1.54, 1.807) is 6.07 Å². The zero-order valence-corrected chi connectivity index (χ0v) is 15.6. The molecule has 0 aromatic heterocycles. The predicted octanol–water partition coefficient (Wildman–Crippen LogP) is 2.42. The van der Waals surface area contributed by atoms with Gasteiger partial charge in [-0.25, -0.2) is 8.42 Å². The Morgan fingerprint density at radius 2 is 2.00 bits per heavy atom. The van der Waals surface area contributed by atoms with Crippen molar-refractivity contribution in [1.82, 2.24) is 9.62 Å². The Kier molecular flexibility index (Phi) is 5.99. The average Bonchev–Trinajstić information content (AvgIpc) is 3.14. The third-order valence-corrected chi connectivity index (χ3v) is 7.02. The highest BCUT2D eigenvalue weighted by Gasteiger charge is 2.29. The first-order valence-electron chi connectivity index (χ1n) is 8.68. The number of piperidine rings is 1. The molecule has 0 spiro atoms. The SMILES string of the molecule is O=C(NC[C@H]1CCCO1)c1ccc(Cl)c(S(=O)(=O)N2CCCCC2)c1. The first-order valence-corrected chi connectivity index (χ1v) is 10.5. The van der Waals surface area contributed by atoms with Gasteiger partial charge in [-0.3, -0.25) is 4.79 Å². The molecular weight excluding hydrogens is 364 g/mol. The van der Waals surface area contributed by atoms with Gasteiger partial charge in [0.1, 0.15) is 4.90 Å². The summed E-state index contributed by atoms with van der Waals surface area (Å²) in [5, 5.41) is 2.94. The van der Waals surface area contributed by atoms with Crippen LogP contribution >= 0.6 is 11.6 Å². The van der Waals surface area contributed by atoms with Gasteiger partial charge in [0.15, 0.2) is 0 Å². The Morgan fingerprint density at radius 3 is 2.68 bits per heavy atom. The van der Waals surface area contributed by atoms with Crippen LogP contribution in [0.25, 0.3) is 0 Å². The number of benzene rings is 1. The van der Waals surface area contributed by atoms with Crippen LogP contribution in [0.3, 0.4) is 0 Å². The molecule has 2 heterocycles. The van der Waals surface area contributed by atoms with Gasteiger partial charge in [-0.05, 0) is 43.9 Å². The van der Waals surface area contributed by atoms with Crippen molar-refractivity contribution >= 4 is 27.5 Å². The molecule has 0 bridgehead atoms. The highest BCUT2D eigenvalue weighted by molar-refractivity contribution is 7.89. The Bertz CT molecular complexity index is 726. The number of carbonyl (C=O) groups excluding carboxylic acids is 1. The third-order valence-electron chi connectivity index (χ3n) is 4.64. The van der Waals surface area contributed by atoms with E-state index in [4.69, 9.17) is 16.3 Å². The van der Waals surface area contributed by atoms with Gasteiger partial charge in [0.25, 0.3) is 5.91 Å². The smallest absolute Gasteiger partial charge is 0.251 e. The second kappa shape index (κ2) is 8.03. The largest absolute Gasteiger partial charge is 0.376 e. The van der Waals surface area contributed by atoms with Crippen molar-refractivity contribution in [2.75, 3.05) is 26.2 Å². The lowest BCUT2D eigenvalue weighted by Gasteiger charge is -2.26. The fourth-order valence-electron chi connectivity index (χ4n) is 3.20. The lowest BCUT2D eigenvalue weighted by atomic mass is 10.2. The van der Waals surface area contributed by atoms with Crippen LogP contribution in [0.4, 0.5) is 0 Å². The van der Waals surface area contributed by atoms with Crippen LogP contribution in [0.15, 0.2) is 23.1 Å². The molecule has 8 heteroatoms. The van der Waals surface area contributed by atoms with Gasteiger partial charge in [-0.1, -0.05) is 18.0 Å². The summed E-state index contributed by atoms with van der Waals surface area (Å²) in [4.78, 5) is 12.4. The third kappa shape index (κ3) is 4.34. The van der Waals surface area contributed by atoms with Crippen LogP contribution in [0.2, 0.25) is 5.02 Å². The normalized spacial score (nSPS) is 22.0. The Balaban J connectivity index is 1.76. The molecule has 138 valence electrons. The van der Waals surface area contributed by atoms with Crippen LogP contribution in [0, 0.1) is 0 Å².